The van der Waals surface area contributed by atoms with Crippen molar-refractivity contribution in [1.29, 1.82) is 0 Å². The Balaban J connectivity index is 1.39. The summed E-state index contributed by atoms with van der Waals surface area (Å²) >= 11 is 0. The van der Waals surface area contributed by atoms with Gasteiger partial charge in [-0.15, -0.1) is 0 Å². The highest BCUT2D eigenvalue weighted by Crippen LogP contribution is 2.29. The van der Waals surface area contributed by atoms with Crippen LogP contribution in [0.25, 0.3) is 0 Å². The predicted molar refractivity (Wildman–Crippen MR) is 101 cm³/mol. The SMILES string of the molecule is O=C(O)C1CCC(C(=O)NC2CCN(C(=O)CCc3ccccc3)C2)CC1. The van der Waals surface area contributed by atoms with E-state index in [0.717, 1.165) is 18.4 Å². The Kier molecular flexibility index (Phi) is 6.48. The molecular formula is C21H28N2O4. The molecule has 146 valence electrons. The molecule has 3 rings (SSSR count). The Hall–Kier alpha value is -2.37. The molecule has 1 saturated heterocycles. The third kappa shape index (κ3) is 5.31. The van der Waals surface area contributed by atoms with Crippen LogP contribution in [-0.2, 0) is 20.8 Å². The van der Waals surface area contributed by atoms with Crippen molar-refractivity contribution in [2.75, 3.05) is 13.1 Å². The van der Waals surface area contributed by atoms with Crippen LogP contribution in [0.2, 0.25) is 0 Å². The van der Waals surface area contributed by atoms with Gasteiger partial charge >= 0.3 is 5.97 Å². The molecule has 1 aromatic rings. The lowest BCUT2D eigenvalue weighted by Gasteiger charge is -2.26. The number of aryl methyl sites for hydroxylation is 1. The van der Waals surface area contributed by atoms with Crippen molar-refractivity contribution < 1.29 is 19.5 Å². The van der Waals surface area contributed by atoms with Crippen molar-refractivity contribution >= 4 is 17.8 Å². The average molecular weight is 372 g/mol. The molecule has 1 heterocycles. The molecule has 2 amide bonds. The van der Waals surface area contributed by atoms with Crippen LogP contribution in [0.4, 0.5) is 0 Å². The van der Waals surface area contributed by atoms with Gasteiger partial charge in [0, 0.05) is 31.5 Å². The van der Waals surface area contributed by atoms with E-state index in [0.29, 0.717) is 45.2 Å². The third-order valence-corrected chi connectivity index (χ3v) is 5.80. The van der Waals surface area contributed by atoms with Gasteiger partial charge in [0.25, 0.3) is 0 Å². The fourth-order valence-corrected chi connectivity index (χ4v) is 4.08. The van der Waals surface area contributed by atoms with Crippen LogP contribution in [0.1, 0.15) is 44.1 Å². The van der Waals surface area contributed by atoms with Gasteiger partial charge in [0.1, 0.15) is 0 Å². The molecular weight excluding hydrogens is 344 g/mol. The number of carbonyl (C=O) groups excluding carboxylic acids is 2. The predicted octanol–water partition coefficient (Wildman–Crippen LogP) is 2.23. The first-order chi connectivity index (χ1) is 13.0. The molecule has 1 saturated carbocycles. The molecule has 1 atom stereocenters. The summed E-state index contributed by atoms with van der Waals surface area (Å²) in [6.45, 7) is 1.26. The lowest BCUT2D eigenvalue weighted by atomic mass is 9.81. The Morgan fingerprint density at radius 1 is 1.00 bits per heavy atom. The van der Waals surface area contributed by atoms with Gasteiger partial charge in [-0.3, -0.25) is 14.4 Å². The summed E-state index contributed by atoms with van der Waals surface area (Å²) in [4.78, 5) is 37.7. The fraction of sp³-hybridized carbons (Fsp3) is 0.571. The van der Waals surface area contributed by atoms with Crippen LogP contribution >= 0.6 is 0 Å². The molecule has 0 bridgehead atoms. The second-order valence-corrected chi connectivity index (χ2v) is 7.71. The largest absolute Gasteiger partial charge is 0.481 e. The molecule has 6 heteroatoms. The quantitative estimate of drug-likeness (QED) is 0.802. The van der Waals surface area contributed by atoms with Crippen molar-refractivity contribution in [3.8, 4) is 0 Å². The van der Waals surface area contributed by atoms with E-state index in [9.17, 15) is 14.4 Å². The van der Waals surface area contributed by atoms with Gasteiger partial charge < -0.3 is 15.3 Å². The number of carboxylic acid groups (broad SMARTS) is 1. The Labute approximate surface area is 159 Å². The van der Waals surface area contributed by atoms with E-state index in [2.05, 4.69) is 5.32 Å². The highest BCUT2D eigenvalue weighted by Gasteiger charge is 2.32. The average Bonchev–Trinajstić information content (AvgIpc) is 3.15. The Morgan fingerprint density at radius 3 is 2.33 bits per heavy atom. The first-order valence-electron chi connectivity index (χ1n) is 9.88. The topological polar surface area (TPSA) is 86.7 Å². The molecule has 0 radical (unpaired) electrons. The van der Waals surface area contributed by atoms with Gasteiger partial charge in [-0.1, -0.05) is 30.3 Å². The molecule has 0 aromatic heterocycles. The van der Waals surface area contributed by atoms with E-state index >= 15 is 0 Å². The molecule has 2 fully saturated rings. The molecule has 6 nitrogen and oxygen atoms in total. The Morgan fingerprint density at radius 2 is 1.67 bits per heavy atom. The summed E-state index contributed by atoms with van der Waals surface area (Å²) in [5.41, 5.74) is 1.16. The van der Waals surface area contributed by atoms with Crippen LogP contribution in [0.5, 0.6) is 0 Å². The van der Waals surface area contributed by atoms with E-state index in [1.54, 1.807) is 0 Å². The number of hydrogen-bond donors (Lipinski definition) is 2. The maximum atomic E-state index is 12.5. The number of nitrogens with zero attached hydrogens (tertiary/aromatic N) is 1. The fourth-order valence-electron chi connectivity index (χ4n) is 4.08. The number of rotatable bonds is 6. The summed E-state index contributed by atoms with van der Waals surface area (Å²) in [5.74, 6) is -1.00. The highest BCUT2D eigenvalue weighted by molar-refractivity contribution is 5.80. The summed E-state index contributed by atoms with van der Waals surface area (Å²) in [6, 6.07) is 9.98. The summed E-state index contributed by atoms with van der Waals surface area (Å²) in [5, 5.41) is 12.1. The molecule has 1 aliphatic carbocycles. The molecule has 2 N–H and O–H groups in total. The molecule has 0 spiro atoms. The van der Waals surface area contributed by atoms with E-state index in [4.69, 9.17) is 5.11 Å². The number of amides is 2. The van der Waals surface area contributed by atoms with Gasteiger partial charge in [0.2, 0.25) is 11.8 Å². The first-order valence-corrected chi connectivity index (χ1v) is 9.88. The van der Waals surface area contributed by atoms with Crippen LogP contribution in [0, 0.1) is 11.8 Å². The summed E-state index contributed by atoms with van der Waals surface area (Å²) < 4.78 is 0. The maximum Gasteiger partial charge on any atom is 0.306 e. The van der Waals surface area contributed by atoms with Crippen molar-refractivity contribution in [3.63, 3.8) is 0 Å². The zero-order valence-corrected chi connectivity index (χ0v) is 15.6. The number of likely N-dealkylation sites (tertiary alicyclic amines) is 1. The second kappa shape index (κ2) is 9.02. The molecule has 1 aliphatic heterocycles. The Bertz CT molecular complexity index is 668. The monoisotopic (exact) mass is 372 g/mol. The number of benzene rings is 1. The number of nitrogens with one attached hydrogen (secondary N) is 1. The van der Waals surface area contributed by atoms with Crippen LogP contribution in [0.15, 0.2) is 30.3 Å². The standard InChI is InChI=1S/C21H28N2O4/c24-19(11-6-15-4-2-1-3-5-15)23-13-12-18(14-23)22-20(25)16-7-9-17(10-8-16)21(26)27/h1-5,16-18H,6-14H2,(H,22,25)(H,26,27). The molecule has 2 aliphatic rings. The minimum atomic E-state index is -0.755. The van der Waals surface area contributed by atoms with Crippen molar-refractivity contribution in [2.24, 2.45) is 11.8 Å². The lowest BCUT2D eigenvalue weighted by molar-refractivity contribution is -0.144. The third-order valence-electron chi connectivity index (χ3n) is 5.80. The van der Waals surface area contributed by atoms with E-state index in [-0.39, 0.29) is 29.7 Å². The van der Waals surface area contributed by atoms with E-state index < -0.39 is 5.97 Å². The number of aliphatic carboxylic acids is 1. The molecule has 1 unspecified atom stereocenters. The lowest BCUT2D eigenvalue weighted by Crippen LogP contribution is -2.42. The zero-order chi connectivity index (χ0) is 19.2. The number of carboxylic acids is 1. The van der Waals surface area contributed by atoms with Gasteiger partial charge in [-0.25, -0.2) is 0 Å². The van der Waals surface area contributed by atoms with Crippen LogP contribution in [-0.4, -0.2) is 46.9 Å². The van der Waals surface area contributed by atoms with E-state index in [1.165, 1.54) is 0 Å². The van der Waals surface area contributed by atoms with Gasteiger partial charge in [-0.05, 0) is 44.1 Å². The molecule has 27 heavy (non-hydrogen) atoms. The van der Waals surface area contributed by atoms with Crippen LogP contribution in [0.3, 0.4) is 0 Å². The van der Waals surface area contributed by atoms with Crippen molar-refractivity contribution in [2.45, 2.75) is 51.0 Å². The molecule has 1 aromatic carbocycles. The van der Waals surface area contributed by atoms with Crippen molar-refractivity contribution in [3.05, 3.63) is 35.9 Å². The second-order valence-electron chi connectivity index (χ2n) is 7.71. The first kappa shape index (κ1) is 19.4. The normalized spacial score (nSPS) is 25.2. The number of hydrogen-bond acceptors (Lipinski definition) is 3. The van der Waals surface area contributed by atoms with Gasteiger partial charge in [0.15, 0.2) is 0 Å². The summed E-state index contributed by atoms with van der Waals surface area (Å²) in [6.07, 6.45) is 4.42. The van der Waals surface area contributed by atoms with Gasteiger partial charge in [0.05, 0.1) is 5.92 Å². The van der Waals surface area contributed by atoms with Crippen molar-refractivity contribution in [1.82, 2.24) is 10.2 Å². The van der Waals surface area contributed by atoms with Gasteiger partial charge in [-0.2, -0.15) is 0 Å². The minimum Gasteiger partial charge on any atom is -0.481 e. The van der Waals surface area contributed by atoms with Crippen LogP contribution < -0.4 is 5.32 Å². The highest BCUT2D eigenvalue weighted by atomic mass is 16.4. The smallest absolute Gasteiger partial charge is 0.306 e. The zero-order valence-electron chi connectivity index (χ0n) is 15.6. The summed E-state index contributed by atoms with van der Waals surface area (Å²) in [7, 11) is 0. The van der Waals surface area contributed by atoms with E-state index in [1.807, 2.05) is 35.2 Å². The minimum absolute atomic E-state index is 0.00960. The maximum absolute atomic E-state index is 12.5. The number of carbonyl (C=O) groups is 3.